The third-order valence-corrected chi connectivity index (χ3v) is 3.03. The lowest BCUT2D eigenvalue weighted by molar-refractivity contribution is 0.112. The van der Waals surface area contributed by atoms with Gasteiger partial charge in [-0.3, -0.25) is 4.79 Å². The number of carbonyl (C=O) groups excluding carboxylic acids is 1. The normalized spacial score (nSPS) is 12.4. The van der Waals surface area contributed by atoms with Crippen LogP contribution in [0.25, 0.3) is 5.57 Å². The summed E-state index contributed by atoms with van der Waals surface area (Å²) in [6, 6.07) is 0. The Hall–Kier alpha value is -1.49. The molecular formula is C9H13N3OS. The van der Waals surface area contributed by atoms with E-state index in [1.54, 1.807) is 6.92 Å². The Labute approximate surface area is 86.4 Å². The topological polar surface area (TPSA) is 95.1 Å². The van der Waals surface area contributed by atoms with Gasteiger partial charge >= 0.3 is 0 Å². The van der Waals surface area contributed by atoms with Gasteiger partial charge in [-0.2, -0.15) is 0 Å². The Morgan fingerprint density at radius 3 is 2.29 bits per heavy atom. The van der Waals surface area contributed by atoms with Crippen molar-refractivity contribution in [3.8, 4) is 0 Å². The van der Waals surface area contributed by atoms with Gasteiger partial charge in [-0.1, -0.05) is 0 Å². The Bertz CT molecular complexity index is 402. The van der Waals surface area contributed by atoms with Gasteiger partial charge < -0.3 is 17.2 Å². The second-order valence-corrected chi connectivity index (χ2v) is 4.13. The van der Waals surface area contributed by atoms with Crippen molar-refractivity contribution in [1.82, 2.24) is 0 Å². The summed E-state index contributed by atoms with van der Waals surface area (Å²) in [6.07, 6.45) is 0.707. The summed E-state index contributed by atoms with van der Waals surface area (Å²) in [4.78, 5) is 11.1. The molecule has 0 fully saturated rings. The lowest BCUT2D eigenvalue weighted by atomic mass is 10.1. The van der Waals surface area contributed by atoms with Crippen molar-refractivity contribution in [2.75, 3.05) is 11.5 Å². The van der Waals surface area contributed by atoms with Crippen LogP contribution in [-0.2, 0) is 0 Å². The summed E-state index contributed by atoms with van der Waals surface area (Å²) in [5, 5.41) is 0.534. The van der Waals surface area contributed by atoms with E-state index >= 15 is 0 Å². The zero-order valence-corrected chi connectivity index (χ0v) is 8.94. The molecule has 1 rings (SSSR count). The molecule has 0 unspecified atom stereocenters. The largest absolute Gasteiger partial charge is 0.402 e. The highest BCUT2D eigenvalue weighted by molar-refractivity contribution is 7.18. The number of thiophene rings is 1. The van der Waals surface area contributed by atoms with Crippen molar-refractivity contribution in [2.45, 2.75) is 13.8 Å². The third kappa shape index (κ3) is 1.58. The Balaban J connectivity index is 3.42. The van der Waals surface area contributed by atoms with Crippen LogP contribution in [-0.4, -0.2) is 6.29 Å². The van der Waals surface area contributed by atoms with E-state index in [9.17, 15) is 4.79 Å². The van der Waals surface area contributed by atoms with Crippen LogP contribution in [0.15, 0.2) is 5.70 Å². The van der Waals surface area contributed by atoms with Crippen LogP contribution in [0.3, 0.4) is 0 Å². The lowest BCUT2D eigenvalue weighted by Gasteiger charge is -2.04. The number of rotatable bonds is 2. The molecule has 6 N–H and O–H groups in total. The standard InChI is InChI=1S/C9H13N3OS/c1-4(5(2)10)7-8(11)6(3-13)14-9(7)12/h3H,10-12H2,1-2H3/b5-4-. The average Bonchev–Trinajstić information content (AvgIpc) is 2.40. The lowest BCUT2D eigenvalue weighted by Crippen LogP contribution is -1.99. The van der Waals surface area contributed by atoms with Crippen LogP contribution in [0.2, 0.25) is 0 Å². The van der Waals surface area contributed by atoms with Crippen molar-refractivity contribution in [1.29, 1.82) is 0 Å². The van der Waals surface area contributed by atoms with Crippen LogP contribution < -0.4 is 17.2 Å². The number of anilines is 2. The summed E-state index contributed by atoms with van der Waals surface area (Å²) in [6.45, 7) is 3.60. The SMILES string of the molecule is C/C(N)=C(\C)c1c(N)sc(C=O)c1N. The van der Waals surface area contributed by atoms with Gasteiger partial charge in [-0.25, -0.2) is 0 Å². The fourth-order valence-corrected chi connectivity index (χ4v) is 2.01. The molecule has 0 aliphatic heterocycles. The number of carbonyl (C=O) groups is 1. The number of allylic oxidation sites excluding steroid dienone is 2. The highest BCUT2D eigenvalue weighted by atomic mass is 32.1. The zero-order valence-electron chi connectivity index (χ0n) is 8.13. The highest BCUT2D eigenvalue weighted by Gasteiger charge is 2.15. The first-order valence-electron chi connectivity index (χ1n) is 4.05. The van der Waals surface area contributed by atoms with E-state index in [4.69, 9.17) is 17.2 Å². The van der Waals surface area contributed by atoms with E-state index in [2.05, 4.69) is 0 Å². The molecule has 4 nitrogen and oxygen atoms in total. The minimum atomic E-state index is 0.421. The van der Waals surface area contributed by atoms with Gasteiger partial charge in [0.05, 0.1) is 15.6 Å². The summed E-state index contributed by atoms with van der Waals surface area (Å²) >= 11 is 1.18. The quantitative estimate of drug-likeness (QED) is 0.645. The van der Waals surface area contributed by atoms with Gasteiger partial charge in [0.25, 0.3) is 0 Å². The minimum absolute atomic E-state index is 0.421. The van der Waals surface area contributed by atoms with Crippen LogP contribution in [0.4, 0.5) is 10.7 Å². The number of nitrogen functional groups attached to an aromatic ring is 2. The Kier molecular flexibility index (Phi) is 2.81. The van der Waals surface area contributed by atoms with Gasteiger partial charge in [0.1, 0.15) is 0 Å². The van der Waals surface area contributed by atoms with Crippen molar-refractivity contribution in [2.24, 2.45) is 5.73 Å². The van der Waals surface area contributed by atoms with Gasteiger partial charge in [-0.15, -0.1) is 11.3 Å². The number of hydrogen-bond acceptors (Lipinski definition) is 5. The molecule has 5 heteroatoms. The predicted octanol–water partition coefficient (Wildman–Crippen LogP) is 1.43. The summed E-state index contributed by atoms with van der Waals surface area (Å²) in [5.74, 6) is 0. The monoisotopic (exact) mass is 211 g/mol. The van der Waals surface area contributed by atoms with E-state index in [0.717, 1.165) is 5.57 Å². The third-order valence-electron chi connectivity index (χ3n) is 2.07. The number of nitrogens with two attached hydrogens (primary N) is 3. The maximum absolute atomic E-state index is 10.6. The van der Waals surface area contributed by atoms with Gasteiger partial charge in [0, 0.05) is 11.3 Å². The molecule has 0 atom stereocenters. The molecule has 1 aromatic rings. The molecule has 0 saturated carbocycles. The van der Waals surface area contributed by atoms with E-state index < -0.39 is 0 Å². The van der Waals surface area contributed by atoms with Crippen LogP contribution in [0.5, 0.6) is 0 Å². The van der Waals surface area contributed by atoms with Crippen molar-refractivity contribution < 1.29 is 4.79 Å². The van der Waals surface area contributed by atoms with Crippen molar-refractivity contribution in [3.05, 3.63) is 16.1 Å². The Morgan fingerprint density at radius 1 is 1.36 bits per heavy atom. The average molecular weight is 211 g/mol. The first-order chi connectivity index (χ1) is 6.49. The van der Waals surface area contributed by atoms with Crippen molar-refractivity contribution in [3.63, 3.8) is 0 Å². The zero-order chi connectivity index (χ0) is 10.9. The number of hydrogen-bond donors (Lipinski definition) is 3. The summed E-state index contributed by atoms with van der Waals surface area (Å²) in [7, 11) is 0. The minimum Gasteiger partial charge on any atom is -0.402 e. The van der Waals surface area contributed by atoms with Crippen LogP contribution >= 0.6 is 11.3 Å². The van der Waals surface area contributed by atoms with Gasteiger partial charge in [0.15, 0.2) is 6.29 Å². The highest BCUT2D eigenvalue weighted by Crippen LogP contribution is 2.37. The second kappa shape index (κ2) is 3.71. The predicted molar refractivity (Wildman–Crippen MR) is 61.0 cm³/mol. The molecule has 0 amide bonds. The van der Waals surface area contributed by atoms with E-state index in [0.29, 0.717) is 33.1 Å². The maximum atomic E-state index is 10.6. The van der Waals surface area contributed by atoms with E-state index in [1.165, 1.54) is 11.3 Å². The maximum Gasteiger partial charge on any atom is 0.162 e. The van der Waals surface area contributed by atoms with E-state index in [1.807, 2.05) is 6.92 Å². The summed E-state index contributed by atoms with van der Waals surface area (Å²) in [5.41, 5.74) is 19.7. The fraction of sp³-hybridized carbons (Fsp3) is 0.222. The van der Waals surface area contributed by atoms with E-state index in [-0.39, 0.29) is 0 Å². The van der Waals surface area contributed by atoms with Crippen LogP contribution in [0, 0.1) is 0 Å². The molecular weight excluding hydrogens is 198 g/mol. The molecule has 0 aliphatic carbocycles. The molecule has 0 radical (unpaired) electrons. The molecule has 0 saturated heterocycles. The first-order valence-corrected chi connectivity index (χ1v) is 4.87. The molecule has 76 valence electrons. The van der Waals surface area contributed by atoms with Crippen LogP contribution in [0.1, 0.15) is 29.1 Å². The first kappa shape index (κ1) is 10.6. The van der Waals surface area contributed by atoms with Gasteiger partial charge in [-0.05, 0) is 19.4 Å². The molecule has 14 heavy (non-hydrogen) atoms. The summed E-state index contributed by atoms with van der Waals surface area (Å²) < 4.78 is 0. The molecule has 1 heterocycles. The number of aldehydes is 1. The molecule has 0 spiro atoms. The Morgan fingerprint density at radius 2 is 1.93 bits per heavy atom. The molecule has 1 aromatic heterocycles. The van der Waals surface area contributed by atoms with Gasteiger partial charge in [0.2, 0.25) is 0 Å². The fourth-order valence-electron chi connectivity index (χ4n) is 1.15. The second-order valence-electron chi connectivity index (χ2n) is 3.05. The van der Waals surface area contributed by atoms with Crippen molar-refractivity contribution >= 4 is 33.9 Å². The smallest absolute Gasteiger partial charge is 0.162 e. The molecule has 0 aromatic carbocycles. The molecule has 0 bridgehead atoms. The molecule has 0 aliphatic rings.